The second kappa shape index (κ2) is 6.41. The van der Waals surface area contributed by atoms with Crippen molar-refractivity contribution in [2.75, 3.05) is 25.1 Å². The van der Waals surface area contributed by atoms with Crippen molar-refractivity contribution in [3.63, 3.8) is 0 Å². The molecule has 1 aromatic heterocycles. The molecule has 0 fully saturated rings. The molecular weight excluding hydrogens is 299 g/mol. The summed E-state index contributed by atoms with van der Waals surface area (Å²) in [5.41, 5.74) is 0.196. The summed E-state index contributed by atoms with van der Waals surface area (Å²) in [6.07, 6.45) is -2.79. The molecule has 2 rings (SSSR count). The summed E-state index contributed by atoms with van der Waals surface area (Å²) in [5.74, 6) is -0.00240. The largest absolute Gasteiger partial charge is 0.469 e. The highest BCUT2D eigenvalue weighted by molar-refractivity contribution is 5.69. The summed E-state index contributed by atoms with van der Waals surface area (Å²) in [7, 11) is 1.31. The molecule has 1 aliphatic heterocycles. The monoisotopic (exact) mass is 317 g/mol. The number of carbonyl (C=O) groups is 1. The van der Waals surface area contributed by atoms with E-state index in [-0.39, 0.29) is 18.0 Å². The van der Waals surface area contributed by atoms with Crippen molar-refractivity contribution in [1.82, 2.24) is 10.2 Å². The van der Waals surface area contributed by atoms with E-state index in [0.717, 1.165) is 5.57 Å². The van der Waals surface area contributed by atoms with Gasteiger partial charge in [0.2, 0.25) is 0 Å². The Hall–Kier alpha value is -1.99. The van der Waals surface area contributed by atoms with Crippen molar-refractivity contribution in [2.24, 2.45) is 0 Å². The first-order valence-corrected chi connectivity index (χ1v) is 6.95. The van der Waals surface area contributed by atoms with Crippen molar-refractivity contribution in [2.45, 2.75) is 31.9 Å². The minimum Gasteiger partial charge on any atom is -0.469 e. The third-order valence-electron chi connectivity index (χ3n) is 3.61. The van der Waals surface area contributed by atoms with Crippen LogP contribution in [0.15, 0.2) is 12.2 Å². The Bertz CT molecular complexity index is 566. The number of nitrogens with one attached hydrogen (secondary N) is 1. The zero-order valence-corrected chi connectivity index (χ0v) is 12.3. The molecule has 0 unspecified atom stereocenters. The van der Waals surface area contributed by atoms with Gasteiger partial charge in [0.15, 0.2) is 5.82 Å². The number of alkyl halides is 3. The highest BCUT2D eigenvalue weighted by atomic mass is 19.4. The van der Waals surface area contributed by atoms with Crippen LogP contribution in [0.2, 0.25) is 0 Å². The molecule has 0 amide bonds. The predicted molar refractivity (Wildman–Crippen MR) is 74.5 cm³/mol. The molecule has 1 aliphatic rings. The minimum absolute atomic E-state index is 0.208. The molecule has 5 nitrogen and oxygen atoms in total. The van der Waals surface area contributed by atoms with Gasteiger partial charge in [-0.2, -0.15) is 18.3 Å². The maximum Gasteiger partial charge on any atom is 0.433 e. The number of hydrogen-bond acceptors (Lipinski definition) is 4. The highest BCUT2D eigenvalue weighted by Gasteiger charge is 2.38. The van der Waals surface area contributed by atoms with E-state index >= 15 is 0 Å². The molecule has 0 saturated carbocycles. The van der Waals surface area contributed by atoms with Crippen LogP contribution in [-0.4, -0.2) is 36.4 Å². The number of fused-ring (bicyclic) bond motifs is 1. The number of aromatic amines is 1. The number of halogens is 3. The number of hydrogen-bond donors (Lipinski definition) is 1. The van der Waals surface area contributed by atoms with Crippen LogP contribution >= 0.6 is 0 Å². The summed E-state index contributed by atoms with van der Waals surface area (Å²) in [6.45, 7) is 4.87. The molecule has 22 heavy (non-hydrogen) atoms. The number of rotatable bonds is 5. The first kappa shape index (κ1) is 16.4. The van der Waals surface area contributed by atoms with Gasteiger partial charge >= 0.3 is 12.1 Å². The Balaban J connectivity index is 2.05. The molecule has 0 bridgehead atoms. The number of esters is 1. The molecule has 0 aromatic carbocycles. The van der Waals surface area contributed by atoms with Crippen LogP contribution in [0, 0.1) is 0 Å². The molecule has 0 aliphatic carbocycles. The van der Waals surface area contributed by atoms with Crippen molar-refractivity contribution >= 4 is 11.8 Å². The standard InChI is InChI=1S/C14H18F3N3O2/c1-9(5-6-11(21)22-2)8-20-7-3-4-10-12(14(15,16)17)18-19-13(10)20/h1,3-8H2,2H3,(H,18,19). The Morgan fingerprint density at radius 3 is 2.82 bits per heavy atom. The van der Waals surface area contributed by atoms with Crippen molar-refractivity contribution in [3.05, 3.63) is 23.4 Å². The van der Waals surface area contributed by atoms with Gasteiger partial charge in [0, 0.05) is 25.1 Å². The van der Waals surface area contributed by atoms with Gasteiger partial charge in [0.05, 0.1) is 7.11 Å². The first-order valence-electron chi connectivity index (χ1n) is 6.95. The Morgan fingerprint density at radius 2 is 2.18 bits per heavy atom. The molecule has 8 heteroatoms. The van der Waals surface area contributed by atoms with Crippen LogP contribution in [0.3, 0.4) is 0 Å². The van der Waals surface area contributed by atoms with E-state index in [9.17, 15) is 18.0 Å². The molecule has 122 valence electrons. The quantitative estimate of drug-likeness (QED) is 0.670. The lowest BCUT2D eigenvalue weighted by Crippen LogP contribution is -2.31. The van der Waals surface area contributed by atoms with E-state index in [1.165, 1.54) is 7.11 Å². The summed E-state index contributed by atoms with van der Waals surface area (Å²) in [5, 5.41) is 5.92. The minimum atomic E-state index is -4.43. The maximum atomic E-state index is 12.9. The maximum absolute atomic E-state index is 12.9. The molecule has 1 aromatic rings. The number of nitrogens with zero attached hydrogens (tertiary/aromatic N) is 2. The van der Waals surface area contributed by atoms with Crippen LogP contribution in [-0.2, 0) is 22.1 Å². The average molecular weight is 317 g/mol. The van der Waals surface area contributed by atoms with Gasteiger partial charge in [-0.25, -0.2) is 0 Å². The zero-order valence-electron chi connectivity index (χ0n) is 12.3. The fourth-order valence-corrected chi connectivity index (χ4v) is 2.52. The molecule has 0 atom stereocenters. The Kier molecular flexibility index (Phi) is 4.77. The van der Waals surface area contributed by atoms with Crippen LogP contribution in [0.4, 0.5) is 19.0 Å². The second-order valence-corrected chi connectivity index (χ2v) is 5.25. The van der Waals surface area contributed by atoms with Gasteiger partial charge in [-0.3, -0.25) is 9.89 Å². The van der Waals surface area contributed by atoms with Crippen molar-refractivity contribution < 1.29 is 22.7 Å². The van der Waals surface area contributed by atoms with Gasteiger partial charge in [-0.05, 0) is 19.3 Å². The summed E-state index contributed by atoms with van der Waals surface area (Å²) in [4.78, 5) is 12.9. The molecule has 1 N–H and O–H groups in total. The molecule has 0 saturated heterocycles. The lowest BCUT2D eigenvalue weighted by atomic mass is 10.0. The van der Waals surface area contributed by atoms with Gasteiger partial charge in [-0.1, -0.05) is 12.2 Å². The molecule has 0 radical (unpaired) electrons. The van der Waals surface area contributed by atoms with Crippen LogP contribution in [0.5, 0.6) is 0 Å². The van der Waals surface area contributed by atoms with Crippen molar-refractivity contribution in [3.8, 4) is 0 Å². The van der Waals surface area contributed by atoms with E-state index in [2.05, 4.69) is 21.5 Å². The van der Waals surface area contributed by atoms with E-state index in [1.807, 2.05) is 0 Å². The van der Waals surface area contributed by atoms with Gasteiger partial charge in [0.25, 0.3) is 0 Å². The number of ether oxygens (including phenoxy) is 1. The number of aromatic nitrogens is 2. The summed E-state index contributed by atoms with van der Waals surface area (Å²) < 4.78 is 43.2. The topological polar surface area (TPSA) is 58.2 Å². The van der Waals surface area contributed by atoms with Crippen LogP contribution in [0.1, 0.15) is 30.5 Å². The lowest BCUT2D eigenvalue weighted by molar-refractivity contribution is -0.142. The average Bonchev–Trinajstić information content (AvgIpc) is 2.89. The summed E-state index contributed by atoms with van der Waals surface area (Å²) in [6, 6.07) is 0. The lowest BCUT2D eigenvalue weighted by Gasteiger charge is -2.28. The molecular formula is C14H18F3N3O2. The summed E-state index contributed by atoms with van der Waals surface area (Å²) >= 11 is 0. The number of anilines is 1. The fourth-order valence-electron chi connectivity index (χ4n) is 2.52. The SMILES string of the molecule is C=C(CCC(=O)OC)CN1CCCc2c1n[nH]c2C(F)(F)F. The first-order chi connectivity index (χ1) is 10.3. The smallest absolute Gasteiger partial charge is 0.433 e. The van der Waals surface area contributed by atoms with E-state index < -0.39 is 11.9 Å². The highest BCUT2D eigenvalue weighted by Crippen LogP contribution is 2.37. The molecule has 2 heterocycles. The van der Waals surface area contributed by atoms with E-state index in [4.69, 9.17) is 0 Å². The van der Waals surface area contributed by atoms with Gasteiger partial charge < -0.3 is 9.64 Å². The van der Waals surface area contributed by atoms with Gasteiger partial charge in [-0.15, -0.1) is 0 Å². The third-order valence-corrected chi connectivity index (χ3v) is 3.61. The zero-order chi connectivity index (χ0) is 16.3. The number of carbonyl (C=O) groups excluding carboxylic acids is 1. The van der Waals surface area contributed by atoms with Crippen LogP contribution < -0.4 is 4.90 Å². The number of methoxy groups -OCH3 is 1. The van der Waals surface area contributed by atoms with E-state index in [1.54, 1.807) is 4.90 Å². The van der Waals surface area contributed by atoms with E-state index in [0.29, 0.717) is 38.2 Å². The van der Waals surface area contributed by atoms with Crippen molar-refractivity contribution in [1.29, 1.82) is 0 Å². The number of H-pyrrole nitrogens is 1. The third kappa shape index (κ3) is 3.61. The fraction of sp³-hybridized carbons (Fsp3) is 0.571. The molecule has 0 spiro atoms. The van der Waals surface area contributed by atoms with Gasteiger partial charge in [0.1, 0.15) is 5.69 Å². The normalized spacial score (nSPS) is 14.6. The predicted octanol–water partition coefficient (Wildman–Crippen LogP) is 2.69. The Morgan fingerprint density at radius 1 is 1.45 bits per heavy atom. The Labute approximate surface area is 126 Å². The van der Waals surface area contributed by atoms with Crippen LogP contribution in [0.25, 0.3) is 0 Å². The second-order valence-electron chi connectivity index (χ2n) is 5.25.